The molecule has 0 bridgehead atoms. The lowest BCUT2D eigenvalue weighted by Gasteiger charge is -2.12. The molecule has 0 aliphatic carbocycles. The van der Waals surface area contributed by atoms with Crippen LogP contribution in [0.2, 0.25) is 0 Å². The predicted octanol–water partition coefficient (Wildman–Crippen LogP) is 3.50. The fourth-order valence-electron chi connectivity index (χ4n) is 2.86. The summed E-state index contributed by atoms with van der Waals surface area (Å²) in [7, 11) is 0. The average Bonchev–Trinajstić information content (AvgIpc) is 3.01. The molecule has 0 aliphatic rings. The molecular formula is C20H23N7O2. The molecule has 0 aromatic carbocycles. The molecule has 4 N–H and O–H groups in total. The molecule has 0 spiro atoms. The zero-order valence-corrected chi connectivity index (χ0v) is 16.5. The molecule has 0 saturated carbocycles. The molecule has 150 valence electrons. The monoisotopic (exact) mass is 393 g/mol. The Morgan fingerprint density at radius 3 is 2.76 bits per heavy atom. The second-order valence-electron chi connectivity index (χ2n) is 6.55. The molecule has 9 heteroatoms. The van der Waals surface area contributed by atoms with E-state index in [0.29, 0.717) is 30.0 Å². The summed E-state index contributed by atoms with van der Waals surface area (Å²) in [5.41, 5.74) is 4.81. The van der Waals surface area contributed by atoms with Crippen LogP contribution in [0.25, 0.3) is 0 Å². The van der Waals surface area contributed by atoms with Gasteiger partial charge in [-0.25, -0.2) is 9.78 Å². The van der Waals surface area contributed by atoms with Gasteiger partial charge in [0, 0.05) is 41.5 Å². The number of hydrogen-bond acceptors (Lipinski definition) is 7. The number of carbonyl (C=O) groups excluding carboxylic acids is 1. The first-order chi connectivity index (χ1) is 14.0. The van der Waals surface area contributed by atoms with E-state index in [1.54, 1.807) is 18.5 Å². The second-order valence-corrected chi connectivity index (χ2v) is 6.55. The Hall–Kier alpha value is -3.75. The van der Waals surface area contributed by atoms with Crippen molar-refractivity contribution in [3.8, 4) is 0 Å². The Morgan fingerprint density at radius 1 is 1.24 bits per heavy atom. The van der Waals surface area contributed by atoms with E-state index in [-0.39, 0.29) is 6.03 Å². The fraction of sp³-hybridized carbons (Fsp3) is 0.250. The van der Waals surface area contributed by atoms with E-state index in [9.17, 15) is 4.79 Å². The fourth-order valence-corrected chi connectivity index (χ4v) is 2.86. The first-order valence-electron chi connectivity index (χ1n) is 9.13. The van der Waals surface area contributed by atoms with Gasteiger partial charge in [0.25, 0.3) is 0 Å². The standard InChI is InChI=1S/C20H23N7O2/c1-12-8-16(4-6-22-12)25-18-11-24-19(9-15(18)10-21)26-20(28)23-7-5-17-13(2)27-29-14(17)3/h4,6,8-11,21H,5,7H2,1-3H3,(H,22,25)(H2,23,24,26,28). The van der Waals surface area contributed by atoms with Gasteiger partial charge in [-0.3, -0.25) is 10.3 Å². The van der Waals surface area contributed by atoms with Crippen LogP contribution in [0.5, 0.6) is 0 Å². The number of urea groups is 1. The summed E-state index contributed by atoms with van der Waals surface area (Å²) in [6, 6.07) is 4.99. The van der Waals surface area contributed by atoms with Gasteiger partial charge in [0.1, 0.15) is 11.6 Å². The van der Waals surface area contributed by atoms with Crippen LogP contribution in [0.15, 0.2) is 35.1 Å². The first kappa shape index (κ1) is 20.0. The molecule has 0 saturated heterocycles. The largest absolute Gasteiger partial charge is 0.361 e. The molecule has 3 aromatic rings. The lowest BCUT2D eigenvalue weighted by molar-refractivity contribution is 0.252. The highest BCUT2D eigenvalue weighted by Gasteiger charge is 2.10. The summed E-state index contributed by atoms with van der Waals surface area (Å²) in [6.07, 6.45) is 5.12. The van der Waals surface area contributed by atoms with Gasteiger partial charge in [-0.15, -0.1) is 0 Å². The van der Waals surface area contributed by atoms with E-state index >= 15 is 0 Å². The number of nitrogens with one attached hydrogen (secondary N) is 4. The Balaban J connectivity index is 1.59. The number of pyridine rings is 2. The number of hydrogen-bond donors (Lipinski definition) is 4. The maximum absolute atomic E-state index is 12.1. The van der Waals surface area contributed by atoms with E-state index < -0.39 is 0 Å². The Labute approximate surface area is 168 Å². The lowest BCUT2D eigenvalue weighted by Crippen LogP contribution is -2.31. The predicted molar refractivity (Wildman–Crippen MR) is 111 cm³/mol. The highest BCUT2D eigenvalue weighted by atomic mass is 16.5. The Bertz CT molecular complexity index is 1010. The van der Waals surface area contributed by atoms with Crippen LogP contribution in [0.4, 0.5) is 22.0 Å². The zero-order chi connectivity index (χ0) is 20.8. The third kappa shape index (κ3) is 5.16. The van der Waals surface area contributed by atoms with Crippen LogP contribution in [0, 0.1) is 26.2 Å². The molecule has 0 fully saturated rings. The number of carbonyl (C=O) groups is 1. The summed E-state index contributed by atoms with van der Waals surface area (Å²) in [5.74, 6) is 1.12. The quantitative estimate of drug-likeness (QED) is 0.455. The zero-order valence-electron chi connectivity index (χ0n) is 16.5. The maximum Gasteiger partial charge on any atom is 0.320 e. The molecule has 0 radical (unpaired) electrons. The number of amides is 2. The minimum Gasteiger partial charge on any atom is -0.361 e. The van der Waals surface area contributed by atoms with Crippen LogP contribution in [0.1, 0.15) is 28.3 Å². The van der Waals surface area contributed by atoms with Crippen LogP contribution in [-0.4, -0.2) is 33.9 Å². The van der Waals surface area contributed by atoms with E-state index in [4.69, 9.17) is 9.93 Å². The second kappa shape index (κ2) is 8.96. The van der Waals surface area contributed by atoms with E-state index in [2.05, 4.69) is 31.1 Å². The van der Waals surface area contributed by atoms with Gasteiger partial charge >= 0.3 is 6.03 Å². The summed E-state index contributed by atoms with van der Waals surface area (Å²) in [5, 5.41) is 20.2. The Morgan fingerprint density at radius 2 is 2.07 bits per heavy atom. The van der Waals surface area contributed by atoms with Gasteiger partial charge in [-0.2, -0.15) is 0 Å². The van der Waals surface area contributed by atoms with Crippen molar-refractivity contribution in [2.24, 2.45) is 0 Å². The van der Waals surface area contributed by atoms with Crippen molar-refractivity contribution < 1.29 is 9.32 Å². The number of aromatic nitrogens is 3. The van der Waals surface area contributed by atoms with Crippen LogP contribution in [-0.2, 0) is 6.42 Å². The normalized spacial score (nSPS) is 10.4. The SMILES string of the molecule is Cc1cc(Nc2cnc(NC(=O)NCCc3c(C)noc3C)cc2C=N)ccn1. The smallest absolute Gasteiger partial charge is 0.320 e. The van der Waals surface area contributed by atoms with E-state index in [1.807, 2.05) is 32.9 Å². The minimum absolute atomic E-state index is 0.356. The van der Waals surface area contributed by atoms with Gasteiger partial charge in [0.15, 0.2) is 0 Å². The van der Waals surface area contributed by atoms with Crippen LogP contribution >= 0.6 is 0 Å². The average molecular weight is 393 g/mol. The van der Waals surface area contributed by atoms with E-state index in [1.165, 1.54) is 6.21 Å². The molecule has 3 aromatic heterocycles. The topological polar surface area (TPSA) is 129 Å². The summed E-state index contributed by atoms with van der Waals surface area (Å²) < 4.78 is 5.12. The lowest BCUT2D eigenvalue weighted by atomic mass is 10.1. The number of aryl methyl sites for hydroxylation is 3. The third-order valence-corrected chi connectivity index (χ3v) is 4.35. The van der Waals surface area contributed by atoms with Gasteiger partial charge < -0.3 is 20.6 Å². The highest BCUT2D eigenvalue weighted by Crippen LogP contribution is 2.21. The van der Waals surface area contributed by atoms with Gasteiger partial charge in [-0.05, 0) is 45.4 Å². The van der Waals surface area contributed by atoms with Gasteiger partial charge in [0.2, 0.25) is 0 Å². The maximum atomic E-state index is 12.1. The minimum atomic E-state index is -0.370. The van der Waals surface area contributed by atoms with Crippen molar-refractivity contribution in [1.82, 2.24) is 20.4 Å². The van der Waals surface area contributed by atoms with Crippen molar-refractivity contribution in [3.63, 3.8) is 0 Å². The molecule has 0 aliphatic heterocycles. The first-order valence-corrected chi connectivity index (χ1v) is 9.13. The Kier molecular flexibility index (Phi) is 6.18. The number of anilines is 3. The van der Waals surface area contributed by atoms with Crippen molar-refractivity contribution in [3.05, 3.63) is 58.9 Å². The third-order valence-electron chi connectivity index (χ3n) is 4.35. The van der Waals surface area contributed by atoms with Crippen molar-refractivity contribution in [2.45, 2.75) is 27.2 Å². The molecule has 9 nitrogen and oxygen atoms in total. The molecule has 0 unspecified atom stereocenters. The molecule has 29 heavy (non-hydrogen) atoms. The van der Waals surface area contributed by atoms with Crippen molar-refractivity contribution in [1.29, 1.82) is 5.41 Å². The van der Waals surface area contributed by atoms with Crippen LogP contribution in [0.3, 0.4) is 0 Å². The number of rotatable bonds is 7. The summed E-state index contributed by atoms with van der Waals surface area (Å²) in [4.78, 5) is 20.6. The summed E-state index contributed by atoms with van der Waals surface area (Å²) in [6.45, 7) is 6.06. The molecule has 2 amide bonds. The molecule has 3 heterocycles. The molecule has 0 atom stereocenters. The van der Waals surface area contributed by atoms with Gasteiger partial charge in [0.05, 0.1) is 17.6 Å². The molecular weight excluding hydrogens is 370 g/mol. The number of nitrogens with zero attached hydrogens (tertiary/aromatic N) is 3. The van der Waals surface area contributed by atoms with E-state index in [0.717, 1.165) is 28.4 Å². The highest BCUT2D eigenvalue weighted by molar-refractivity contribution is 5.92. The molecule has 3 rings (SSSR count). The van der Waals surface area contributed by atoms with Gasteiger partial charge in [-0.1, -0.05) is 5.16 Å². The van der Waals surface area contributed by atoms with Crippen LogP contribution < -0.4 is 16.0 Å². The van der Waals surface area contributed by atoms with Crippen molar-refractivity contribution in [2.75, 3.05) is 17.2 Å². The van der Waals surface area contributed by atoms with Crippen molar-refractivity contribution >= 4 is 29.4 Å². The summed E-state index contributed by atoms with van der Waals surface area (Å²) >= 11 is 0.